The number of alkyl halides is 1. The van der Waals surface area contributed by atoms with Gasteiger partial charge in [0.05, 0.1) is 11.5 Å². The third kappa shape index (κ3) is 3.87. The third-order valence-corrected chi connectivity index (χ3v) is 4.62. The summed E-state index contributed by atoms with van der Waals surface area (Å²) in [6.45, 7) is 0.847. The minimum atomic E-state index is -0.0314. The van der Waals surface area contributed by atoms with E-state index in [1.54, 1.807) is 0 Å². The molecule has 0 aliphatic carbocycles. The van der Waals surface area contributed by atoms with Gasteiger partial charge in [0.25, 0.3) is 0 Å². The van der Waals surface area contributed by atoms with E-state index in [0.717, 1.165) is 25.9 Å². The standard InChI is InChI=1S/C19H21ClO/c20-19(18-8-4-5-13-21-18)17-11-9-16(10-12-17)14-15-6-2-1-3-7-15/h1-3,6-7,9-12,18-19H,4-5,8,13-14H2. The van der Waals surface area contributed by atoms with Crippen LogP contribution in [0.5, 0.6) is 0 Å². The molecule has 1 heterocycles. The first-order chi connectivity index (χ1) is 10.3. The van der Waals surface area contributed by atoms with Crippen LogP contribution in [-0.4, -0.2) is 12.7 Å². The third-order valence-electron chi connectivity index (χ3n) is 4.09. The van der Waals surface area contributed by atoms with Crippen LogP contribution >= 0.6 is 11.6 Å². The quantitative estimate of drug-likeness (QED) is 0.712. The second-order valence-corrected chi connectivity index (χ2v) is 6.18. The van der Waals surface area contributed by atoms with Crippen molar-refractivity contribution in [2.75, 3.05) is 6.61 Å². The summed E-state index contributed by atoms with van der Waals surface area (Å²) >= 11 is 6.57. The maximum absolute atomic E-state index is 6.57. The first-order valence-electron chi connectivity index (χ1n) is 7.71. The summed E-state index contributed by atoms with van der Waals surface area (Å²) in [5, 5.41) is -0.0314. The van der Waals surface area contributed by atoms with Gasteiger partial charge >= 0.3 is 0 Å². The van der Waals surface area contributed by atoms with E-state index in [1.807, 2.05) is 0 Å². The van der Waals surface area contributed by atoms with Crippen molar-refractivity contribution in [3.8, 4) is 0 Å². The van der Waals surface area contributed by atoms with Crippen molar-refractivity contribution < 1.29 is 4.74 Å². The highest BCUT2D eigenvalue weighted by atomic mass is 35.5. The topological polar surface area (TPSA) is 9.23 Å². The van der Waals surface area contributed by atoms with Crippen molar-refractivity contribution in [2.45, 2.75) is 37.2 Å². The normalized spacial score (nSPS) is 20.1. The molecule has 2 aromatic rings. The Morgan fingerprint density at radius 2 is 1.67 bits per heavy atom. The molecule has 2 aromatic carbocycles. The molecule has 0 amide bonds. The second-order valence-electron chi connectivity index (χ2n) is 5.71. The zero-order valence-corrected chi connectivity index (χ0v) is 12.9. The SMILES string of the molecule is ClC(c1ccc(Cc2ccccc2)cc1)C1CCCCO1. The van der Waals surface area contributed by atoms with Crippen molar-refractivity contribution in [3.05, 3.63) is 71.3 Å². The van der Waals surface area contributed by atoms with Gasteiger partial charge in [-0.2, -0.15) is 0 Å². The fourth-order valence-electron chi connectivity index (χ4n) is 2.86. The van der Waals surface area contributed by atoms with Crippen LogP contribution in [0.15, 0.2) is 54.6 Å². The van der Waals surface area contributed by atoms with Gasteiger partial charge in [0.2, 0.25) is 0 Å². The van der Waals surface area contributed by atoms with E-state index in [-0.39, 0.29) is 11.5 Å². The molecular weight excluding hydrogens is 280 g/mol. The Hall–Kier alpha value is -1.31. The van der Waals surface area contributed by atoms with Gasteiger partial charge in [0, 0.05) is 6.61 Å². The zero-order valence-electron chi connectivity index (χ0n) is 12.2. The molecule has 0 aromatic heterocycles. The largest absolute Gasteiger partial charge is 0.376 e. The van der Waals surface area contributed by atoms with Crippen molar-refractivity contribution in [3.63, 3.8) is 0 Å². The average Bonchev–Trinajstić information content (AvgIpc) is 2.57. The molecule has 0 spiro atoms. The van der Waals surface area contributed by atoms with E-state index >= 15 is 0 Å². The molecule has 0 radical (unpaired) electrons. The van der Waals surface area contributed by atoms with Gasteiger partial charge in [0.1, 0.15) is 0 Å². The van der Waals surface area contributed by atoms with E-state index in [9.17, 15) is 0 Å². The minimum Gasteiger partial charge on any atom is -0.376 e. The number of benzene rings is 2. The highest BCUT2D eigenvalue weighted by Gasteiger charge is 2.23. The fourth-order valence-corrected chi connectivity index (χ4v) is 3.21. The van der Waals surface area contributed by atoms with Crippen molar-refractivity contribution >= 4 is 11.6 Å². The molecule has 0 saturated carbocycles. The predicted molar refractivity (Wildman–Crippen MR) is 87.9 cm³/mol. The molecule has 1 aliphatic rings. The lowest BCUT2D eigenvalue weighted by atomic mass is 9.98. The molecule has 1 aliphatic heterocycles. The van der Waals surface area contributed by atoms with Gasteiger partial charge in [-0.1, -0.05) is 54.6 Å². The van der Waals surface area contributed by atoms with E-state index in [4.69, 9.17) is 16.3 Å². The van der Waals surface area contributed by atoms with Gasteiger partial charge in [-0.05, 0) is 42.4 Å². The molecule has 2 heteroatoms. The molecule has 0 N–H and O–H groups in total. The average molecular weight is 301 g/mol. The number of halogens is 1. The maximum atomic E-state index is 6.57. The summed E-state index contributed by atoms with van der Waals surface area (Å²) in [4.78, 5) is 0. The summed E-state index contributed by atoms with van der Waals surface area (Å²) < 4.78 is 5.79. The molecule has 2 atom stereocenters. The molecule has 2 unspecified atom stereocenters. The molecular formula is C19H21ClO. The number of rotatable bonds is 4. The van der Waals surface area contributed by atoms with Crippen LogP contribution < -0.4 is 0 Å². The van der Waals surface area contributed by atoms with Crippen molar-refractivity contribution in [2.24, 2.45) is 0 Å². The first kappa shape index (κ1) is 14.6. The number of hydrogen-bond donors (Lipinski definition) is 0. The molecule has 0 bridgehead atoms. The summed E-state index contributed by atoms with van der Waals surface area (Å²) in [6, 6.07) is 19.2. The van der Waals surface area contributed by atoms with Crippen LogP contribution in [0.4, 0.5) is 0 Å². The molecule has 1 fully saturated rings. The molecule has 1 saturated heterocycles. The predicted octanol–water partition coefficient (Wildman–Crippen LogP) is 5.13. The highest BCUT2D eigenvalue weighted by Crippen LogP contribution is 2.32. The Morgan fingerprint density at radius 1 is 0.952 bits per heavy atom. The van der Waals surface area contributed by atoms with E-state index in [1.165, 1.54) is 23.1 Å². The Balaban J connectivity index is 1.66. The summed E-state index contributed by atoms with van der Waals surface area (Å²) in [5.74, 6) is 0. The molecule has 1 nitrogen and oxygen atoms in total. The van der Waals surface area contributed by atoms with Crippen molar-refractivity contribution in [1.29, 1.82) is 0 Å². The Morgan fingerprint density at radius 3 is 2.33 bits per heavy atom. The Labute approximate surface area is 131 Å². The van der Waals surface area contributed by atoms with Crippen LogP contribution in [0.3, 0.4) is 0 Å². The van der Waals surface area contributed by atoms with Gasteiger partial charge in [-0.15, -0.1) is 11.6 Å². The molecule has 110 valence electrons. The van der Waals surface area contributed by atoms with Gasteiger partial charge < -0.3 is 4.74 Å². The smallest absolute Gasteiger partial charge is 0.0847 e. The van der Waals surface area contributed by atoms with Gasteiger partial charge in [-0.3, -0.25) is 0 Å². The number of hydrogen-bond acceptors (Lipinski definition) is 1. The lowest BCUT2D eigenvalue weighted by Crippen LogP contribution is -2.23. The molecule has 3 rings (SSSR count). The first-order valence-corrected chi connectivity index (χ1v) is 8.15. The minimum absolute atomic E-state index is 0.0314. The van der Waals surface area contributed by atoms with Crippen LogP contribution in [0.1, 0.15) is 41.3 Å². The lowest BCUT2D eigenvalue weighted by Gasteiger charge is -2.27. The summed E-state index contributed by atoms with van der Waals surface area (Å²) in [6.07, 6.45) is 4.59. The second kappa shape index (κ2) is 7.11. The highest BCUT2D eigenvalue weighted by molar-refractivity contribution is 6.21. The van der Waals surface area contributed by atoms with Crippen LogP contribution in [0.2, 0.25) is 0 Å². The van der Waals surface area contributed by atoms with E-state index in [0.29, 0.717) is 0 Å². The van der Waals surface area contributed by atoms with Crippen LogP contribution in [0, 0.1) is 0 Å². The lowest BCUT2D eigenvalue weighted by molar-refractivity contribution is 0.0136. The van der Waals surface area contributed by atoms with E-state index < -0.39 is 0 Å². The summed E-state index contributed by atoms with van der Waals surface area (Å²) in [7, 11) is 0. The fraction of sp³-hybridized carbons (Fsp3) is 0.368. The monoisotopic (exact) mass is 300 g/mol. The van der Waals surface area contributed by atoms with Crippen LogP contribution in [-0.2, 0) is 11.2 Å². The maximum Gasteiger partial charge on any atom is 0.0847 e. The van der Waals surface area contributed by atoms with Crippen LogP contribution in [0.25, 0.3) is 0 Å². The Kier molecular flexibility index (Phi) is 4.95. The zero-order chi connectivity index (χ0) is 14.5. The van der Waals surface area contributed by atoms with Gasteiger partial charge in [-0.25, -0.2) is 0 Å². The Bertz CT molecular complexity index is 544. The van der Waals surface area contributed by atoms with Gasteiger partial charge in [0.15, 0.2) is 0 Å². The molecule has 21 heavy (non-hydrogen) atoms. The van der Waals surface area contributed by atoms with E-state index in [2.05, 4.69) is 54.6 Å². The summed E-state index contributed by atoms with van der Waals surface area (Å²) in [5.41, 5.74) is 3.82. The number of ether oxygens (including phenoxy) is 1. The van der Waals surface area contributed by atoms with Crippen molar-refractivity contribution in [1.82, 2.24) is 0 Å².